The lowest BCUT2D eigenvalue weighted by molar-refractivity contribution is -0.132. The number of nitrogens with two attached hydrogens (primary N) is 1. The average Bonchev–Trinajstić information content (AvgIpc) is 3.08. The lowest BCUT2D eigenvalue weighted by Crippen LogP contribution is -2.30. The van der Waals surface area contributed by atoms with E-state index >= 15 is 0 Å². The van der Waals surface area contributed by atoms with Crippen LogP contribution in [0, 0.1) is 5.92 Å². The second-order valence-corrected chi connectivity index (χ2v) is 5.65. The zero-order valence-corrected chi connectivity index (χ0v) is 11.4. The first-order valence-corrected chi connectivity index (χ1v) is 6.52. The Morgan fingerprint density at radius 2 is 2.00 bits per heavy atom. The number of carbonyl (C=O) groups is 1. The fourth-order valence-corrected chi connectivity index (χ4v) is 2.45. The lowest BCUT2D eigenvalue weighted by atomic mass is 9.92. The Bertz CT molecular complexity index is 450. The van der Waals surface area contributed by atoms with Crippen molar-refractivity contribution < 1.29 is 4.79 Å². The highest BCUT2D eigenvalue weighted by atomic mass is 16.2. The van der Waals surface area contributed by atoms with Gasteiger partial charge in [-0.3, -0.25) is 4.79 Å². The van der Waals surface area contributed by atoms with Crippen molar-refractivity contribution in [1.29, 1.82) is 0 Å². The number of hydrogen-bond donors (Lipinski definition) is 1. The summed E-state index contributed by atoms with van der Waals surface area (Å²) in [5.41, 5.74) is 8.61. The van der Waals surface area contributed by atoms with Crippen LogP contribution in [0.15, 0.2) is 24.3 Å². The summed E-state index contributed by atoms with van der Waals surface area (Å²) in [6.45, 7) is 1.98. The number of rotatable bonds is 4. The van der Waals surface area contributed by atoms with E-state index in [0.29, 0.717) is 0 Å². The molecule has 1 aliphatic rings. The van der Waals surface area contributed by atoms with Gasteiger partial charge in [0.2, 0.25) is 5.91 Å². The molecule has 1 amide bonds. The van der Waals surface area contributed by atoms with Crippen molar-refractivity contribution >= 4 is 5.91 Å². The van der Waals surface area contributed by atoms with Crippen LogP contribution in [0.2, 0.25) is 0 Å². The quantitative estimate of drug-likeness (QED) is 0.882. The van der Waals surface area contributed by atoms with Gasteiger partial charge in [-0.2, -0.15) is 0 Å². The Hall–Kier alpha value is -1.35. The standard InChI is InChI=1S/C15H22N2O/c1-11(14(18)17(2)3)10-12-6-4-5-7-13(12)15(16)8-9-15/h4-7,11H,8-10,16H2,1-3H3. The van der Waals surface area contributed by atoms with Crippen molar-refractivity contribution in [2.24, 2.45) is 11.7 Å². The minimum absolute atomic E-state index is 0.00324. The van der Waals surface area contributed by atoms with Crippen LogP contribution in [0.1, 0.15) is 30.9 Å². The Labute approximate surface area is 109 Å². The van der Waals surface area contributed by atoms with Crippen LogP contribution in [-0.2, 0) is 16.8 Å². The molecule has 0 radical (unpaired) electrons. The molecule has 3 heteroatoms. The maximum Gasteiger partial charge on any atom is 0.225 e. The van der Waals surface area contributed by atoms with E-state index in [9.17, 15) is 4.79 Å². The van der Waals surface area contributed by atoms with Gasteiger partial charge in [-0.15, -0.1) is 0 Å². The Morgan fingerprint density at radius 1 is 1.39 bits per heavy atom. The van der Waals surface area contributed by atoms with Crippen molar-refractivity contribution in [2.75, 3.05) is 14.1 Å². The van der Waals surface area contributed by atoms with Gasteiger partial charge in [-0.1, -0.05) is 31.2 Å². The van der Waals surface area contributed by atoms with Crippen LogP contribution in [-0.4, -0.2) is 24.9 Å². The smallest absolute Gasteiger partial charge is 0.225 e. The molecular formula is C15H22N2O. The minimum atomic E-state index is -0.128. The maximum atomic E-state index is 11.9. The first kappa shape index (κ1) is 13.1. The molecule has 2 rings (SSSR count). The highest BCUT2D eigenvalue weighted by Crippen LogP contribution is 2.44. The van der Waals surface area contributed by atoms with E-state index in [1.807, 2.05) is 19.1 Å². The molecule has 1 unspecified atom stereocenters. The molecule has 0 heterocycles. The highest BCUT2D eigenvalue weighted by molar-refractivity contribution is 5.78. The third-order valence-electron chi connectivity index (χ3n) is 3.73. The van der Waals surface area contributed by atoms with Gasteiger partial charge in [0, 0.05) is 25.6 Å². The van der Waals surface area contributed by atoms with E-state index < -0.39 is 0 Å². The first-order valence-electron chi connectivity index (χ1n) is 6.52. The summed E-state index contributed by atoms with van der Waals surface area (Å²) >= 11 is 0. The molecule has 1 atom stereocenters. The van der Waals surface area contributed by atoms with Gasteiger partial charge in [-0.05, 0) is 30.4 Å². The van der Waals surface area contributed by atoms with E-state index in [0.717, 1.165) is 19.3 Å². The third kappa shape index (κ3) is 2.56. The van der Waals surface area contributed by atoms with Gasteiger partial charge >= 0.3 is 0 Å². The summed E-state index contributed by atoms with van der Waals surface area (Å²) in [7, 11) is 3.60. The van der Waals surface area contributed by atoms with Crippen molar-refractivity contribution in [3.8, 4) is 0 Å². The summed E-state index contributed by atoms with van der Waals surface area (Å²) in [5.74, 6) is 0.176. The summed E-state index contributed by atoms with van der Waals surface area (Å²) in [6.07, 6.45) is 2.88. The van der Waals surface area contributed by atoms with Gasteiger partial charge in [-0.25, -0.2) is 0 Å². The van der Waals surface area contributed by atoms with Crippen LogP contribution in [0.3, 0.4) is 0 Å². The molecule has 1 saturated carbocycles. The molecule has 1 aromatic rings. The fourth-order valence-electron chi connectivity index (χ4n) is 2.45. The molecule has 3 nitrogen and oxygen atoms in total. The average molecular weight is 246 g/mol. The molecule has 2 N–H and O–H groups in total. The second kappa shape index (κ2) is 4.73. The summed E-state index contributed by atoms with van der Waals surface area (Å²) in [5, 5.41) is 0. The number of nitrogens with zero attached hydrogens (tertiary/aromatic N) is 1. The molecule has 0 aromatic heterocycles. The molecule has 1 aliphatic carbocycles. The monoisotopic (exact) mass is 246 g/mol. The van der Waals surface area contributed by atoms with Gasteiger partial charge in [0.05, 0.1) is 0 Å². The van der Waals surface area contributed by atoms with Crippen LogP contribution >= 0.6 is 0 Å². The number of hydrogen-bond acceptors (Lipinski definition) is 2. The molecule has 0 spiro atoms. The third-order valence-corrected chi connectivity index (χ3v) is 3.73. The van der Waals surface area contributed by atoms with Crippen LogP contribution in [0.25, 0.3) is 0 Å². The summed E-state index contributed by atoms with van der Waals surface area (Å²) in [6, 6.07) is 8.26. The van der Waals surface area contributed by atoms with E-state index in [2.05, 4.69) is 12.1 Å². The number of benzene rings is 1. The maximum absolute atomic E-state index is 11.9. The Balaban J connectivity index is 2.17. The zero-order valence-electron chi connectivity index (χ0n) is 11.4. The first-order chi connectivity index (χ1) is 8.44. The fraction of sp³-hybridized carbons (Fsp3) is 0.533. The van der Waals surface area contributed by atoms with Crippen LogP contribution < -0.4 is 5.73 Å². The second-order valence-electron chi connectivity index (χ2n) is 5.65. The number of carbonyl (C=O) groups excluding carboxylic acids is 1. The molecule has 1 fully saturated rings. The lowest BCUT2D eigenvalue weighted by Gasteiger charge is -2.20. The molecule has 1 aromatic carbocycles. The summed E-state index contributed by atoms with van der Waals surface area (Å²) in [4.78, 5) is 13.6. The summed E-state index contributed by atoms with van der Waals surface area (Å²) < 4.78 is 0. The Kier molecular flexibility index (Phi) is 3.44. The Morgan fingerprint density at radius 3 is 2.56 bits per heavy atom. The van der Waals surface area contributed by atoms with Crippen molar-refractivity contribution in [2.45, 2.75) is 31.7 Å². The molecule has 0 bridgehead atoms. The van der Waals surface area contributed by atoms with Crippen molar-refractivity contribution in [1.82, 2.24) is 4.90 Å². The van der Waals surface area contributed by atoms with Crippen LogP contribution in [0.5, 0.6) is 0 Å². The van der Waals surface area contributed by atoms with Gasteiger partial charge in [0.1, 0.15) is 0 Å². The molecule has 0 saturated heterocycles. The largest absolute Gasteiger partial charge is 0.349 e. The SMILES string of the molecule is CC(Cc1ccccc1C1(N)CC1)C(=O)N(C)C. The molecule has 0 aliphatic heterocycles. The normalized spacial score (nSPS) is 18.2. The molecular weight excluding hydrogens is 224 g/mol. The predicted molar refractivity (Wildman–Crippen MR) is 73.1 cm³/mol. The van der Waals surface area contributed by atoms with Crippen molar-refractivity contribution in [3.05, 3.63) is 35.4 Å². The van der Waals surface area contributed by atoms with E-state index in [-0.39, 0.29) is 17.4 Å². The highest BCUT2D eigenvalue weighted by Gasteiger charge is 2.41. The van der Waals surface area contributed by atoms with Crippen molar-refractivity contribution in [3.63, 3.8) is 0 Å². The van der Waals surface area contributed by atoms with Crippen LogP contribution in [0.4, 0.5) is 0 Å². The predicted octanol–water partition coefficient (Wildman–Crippen LogP) is 1.90. The molecule has 18 heavy (non-hydrogen) atoms. The van der Waals surface area contributed by atoms with Gasteiger partial charge < -0.3 is 10.6 Å². The molecule has 98 valence electrons. The zero-order chi connectivity index (χ0) is 13.3. The van der Waals surface area contributed by atoms with Gasteiger partial charge in [0.15, 0.2) is 0 Å². The van der Waals surface area contributed by atoms with Gasteiger partial charge in [0.25, 0.3) is 0 Å². The van der Waals surface area contributed by atoms with E-state index in [1.165, 1.54) is 11.1 Å². The number of amides is 1. The topological polar surface area (TPSA) is 46.3 Å². The minimum Gasteiger partial charge on any atom is -0.349 e. The van der Waals surface area contributed by atoms with E-state index in [1.54, 1.807) is 19.0 Å². The van der Waals surface area contributed by atoms with E-state index in [4.69, 9.17) is 5.73 Å².